The number of halogens is 1. The van der Waals surface area contributed by atoms with Crippen molar-refractivity contribution >= 4 is 29.1 Å². The van der Waals surface area contributed by atoms with Crippen molar-refractivity contribution in [3.8, 4) is 5.75 Å². The number of hydrogen-bond donors (Lipinski definition) is 1. The Morgan fingerprint density at radius 3 is 3.00 bits per heavy atom. The van der Waals surface area contributed by atoms with Crippen molar-refractivity contribution in [3.63, 3.8) is 0 Å². The third-order valence-electron chi connectivity index (χ3n) is 1.71. The molecule has 1 aromatic carbocycles. The van der Waals surface area contributed by atoms with Crippen LogP contribution in [-0.4, -0.2) is 18.6 Å². The van der Waals surface area contributed by atoms with Gasteiger partial charge in [0, 0.05) is 11.8 Å². The van der Waals surface area contributed by atoms with Crippen molar-refractivity contribution in [2.45, 2.75) is 6.42 Å². The zero-order valence-corrected chi connectivity index (χ0v) is 9.70. The lowest BCUT2D eigenvalue weighted by molar-refractivity contribution is 0.319. The van der Waals surface area contributed by atoms with E-state index in [0.717, 1.165) is 12.2 Å². The van der Waals surface area contributed by atoms with E-state index in [0.29, 0.717) is 23.1 Å². The van der Waals surface area contributed by atoms with Gasteiger partial charge in [-0.05, 0) is 30.6 Å². The van der Waals surface area contributed by atoms with Gasteiger partial charge in [0.2, 0.25) is 0 Å². The number of ether oxygens (including phenoxy) is 1. The quantitative estimate of drug-likeness (QED) is 0.625. The van der Waals surface area contributed by atoms with E-state index in [1.165, 1.54) is 0 Å². The highest BCUT2D eigenvalue weighted by Gasteiger charge is 2.01. The number of thioether (sulfide) groups is 1. The van der Waals surface area contributed by atoms with E-state index < -0.39 is 0 Å². The Balaban J connectivity index is 2.45. The van der Waals surface area contributed by atoms with E-state index in [1.54, 1.807) is 30.0 Å². The fourth-order valence-electron chi connectivity index (χ4n) is 1.02. The van der Waals surface area contributed by atoms with Crippen molar-refractivity contribution in [1.82, 2.24) is 0 Å². The highest BCUT2D eigenvalue weighted by atomic mass is 35.5. The molecule has 0 heterocycles. The van der Waals surface area contributed by atoms with E-state index in [9.17, 15) is 0 Å². The number of rotatable bonds is 5. The smallest absolute Gasteiger partial charge is 0.139 e. The minimum absolute atomic E-state index is 0.614. The second kappa shape index (κ2) is 6.04. The van der Waals surface area contributed by atoms with Crippen molar-refractivity contribution in [2.24, 2.45) is 0 Å². The molecule has 0 aliphatic carbocycles. The van der Waals surface area contributed by atoms with Crippen LogP contribution in [0.3, 0.4) is 0 Å². The standard InChI is InChI=1S/C10H14ClNOS/c1-14-6-2-5-13-10-7-8(12)3-4-9(10)11/h3-4,7H,2,5-6,12H2,1H3. The predicted octanol–water partition coefficient (Wildman–Crippen LogP) is 3.05. The van der Waals surface area contributed by atoms with Crippen molar-refractivity contribution in [1.29, 1.82) is 0 Å². The summed E-state index contributed by atoms with van der Waals surface area (Å²) >= 11 is 7.73. The normalized spacial score (nSPS) is 10.1. The number of nitrogens with two attached hydrogens (primary N) is 1. The molecule has 0 spiro atoms. The van der Waals surface area contributed by atoms with Crippen molar-refractivity contribution in [2.75, 3.05) is 24.3 Å². The summed E-state index contributed by atoms with van der Waals surface area (Å²) in [6.07, 6.45) is 3.10. The summed E-state index contributed by atoms with van der Waals surface area (Å²) in [6, 6.07) is 5.26. The Kier molecular flexibility index (Phi) is 4.98. The van der Waals surface area contributed by atoms with Crippen LogP contribution in [0.5, 0.6) is 5.75 Å². The molecule has 2 nitrogen and oxygen atoms in total. The SMILES string of the molecule is CSCCCOc1cc(N)ccc1Cl. The first-order chi connectivity index (χ1) is 6.74. The Labute approximate surface area is 93.8 Å². The van der Waals surface area contributed by atoms with Gasteiger partial charge in [-0.25, -0.2) is 0 Å². The summed E-state index contributed by atoms with van der Waals surface area (Å²) in [4.78, 5) is 0. The Bertz CT molecular complexity index is 293. The van der Waals surface area contributed by atoms with Crippen LogP contribution in [0.4, 0.5) is 5.69 Å². The largest absolute Gasteiger partial charge is 0.492 e. The third-order valence-corrected chi connectivity index (χ3v) is 2.71. The number of anilines is 1. The molecule has 0 aliphatic heterocycles. The molecule has 0 saturated carbocycles. The Morgan fingerprint density at radius 2 is 2.29 bits per heavy atom. The maximum Gasteiger partial charge on any atom is 0.139 e. The van der Waals surface area contributed by atoms with Gasteiger partial charge in [0.1, 0.15) is 5.75 Å². The van der Waals surface area contributed by atoms with E-state index in [2.05, 4.69) is 6.26 Å². The molecular weight excluding hydrogens is 218 g/mol. The van der Waals surface area contributed by atoms with Gasteiger partial charge >= 0.3 is 0 Å². The van der Waals surface area contributed by atoms with Gasteiger partial charge in [-0.1, -0.05) is 11.6 Å². The van der Waals surface area contributed by atoms with Gasteiger partial charge in [0.25, 0.3) is 0 Å². The minimum Gasteiger partial charge on any atom is -0.492 e. The molecule has 0 amide bonds. The molecule has 14 heavy (non-hydrogen) atoms. The van der Waals surface area contributed by atoms with Crippen LogP contribution in [-0.2, 0) is 0 Å². The van der Waals surface area contributed by atoms with Gasteiger partial charge < -0.3 is 10.5 Å². The Morgan fingerprint density at radius 1 is 1.50 bits per heavy atom. The van der Waals surface area contributed by atoms with E-state index >= 15 is 0 Å². The van der Waals surface area contributed by atoms with Gasteiger partial charge in [-0.15, -0.1) is 0 Å². The van der Waals surface area contributed by atoms with Crippen LogP contribution >= 0.6 is 23.4 Å². The molecule has 1 aromatic rings. The highest BCUT2D eigenvalue weighted by molar-refractivity contribution is 7.98. The minimum atomic E-state index is 0.614. The second-order valence-corrected chi connectivity index (χ2v) is 4.28. The summed E-state index contributed by atoms with van der Waals surface area (Å²) < 4.78 is 5.49. The molecule has 78 valence electrons. The summed E-state index contributed by atoms with van der Waals surface area (Å²) in [6.45, 7) is 0.685. The van der Waals surface area contributed by atoms with Crippen LogP contribution in [0.25, 0.3) is 0 Å². The zero-order valence-electron chi connectivity index (χ0n) is 8.13. The monoisotopic (exact) mass is 231 g/mol. The molecule has 4 heteroatoms. The number of hydrogen-bond acceptors (Lipinski definition) is 3. The maximum absolute atomic E-state index is 5.92. The molecular formula is C10H14ClNOS. The van der Waals surface area contributed by atoms with Crippen molar-refractivity contribution < 1.29 is 4.74 Å². The Hall–Kier alpha value is -0.540. The summed E-state index contributed by atoms with van der Waals surface area (Å²) in [7, 11) is 0. The fourth-order valence-corrected chi connectivity index (χ4v) is 1.59. The first kappa shape index (κ1) is 11.5. The lowest BCUT2D eigenvalue weighted by Crippen LogP contribution is -1.99. The predicted molar refractivity (Wildman–Crippen MR) is 64.4 cm³/mol. The first-order valence-corrected chi connectivity index (χ1v) is 6.18. The average molecular weight is 232 g/mol. The topological polar surface area (TPSA) is 35.2 Å². The maximum atomic E-state index is 5.92. The molecule has 0 atom stereocenters. The highest BCUT2D eigenvalue weighted by Crippen LogP contribution is 2.26. The molecule has 0 unspecified atom stereocenters. The molecule has 0 aromatic heterocycles. The average Bonchev–Trinajstić information content (AvgIpc) is 2.18. The molecule has 0 bridgehead atoms. The molecule has 0 radical (unpaired) electrons. The fraction of sp³-hybridized carbons (Fsp3) is 0.400. The van der Waals surface area contributed by atoms with Crippen molar-refractivity contribution in [3.05, 3.63) is 23.2 Å². The number of nitrogen functional groups attached to an aromatic ring is 1. The zero-order chi connectivity index (χ0) is 10.4. The van der Waals surface area contributed by atoms with E-state index in [-0.39, 0.29) is 0 Å². The van der Waals surface area contributed by atoms with Crippen LogP contribution in [0.2, 0.25) is 5.02 Å². The van der Waals surface area contributed by atoms with Gasteiger partial charge in [0.05, 0.1) is 11.6 Å². The molecule has 0 fully saturated rings. The van der Waals surface area contributed by atoms with Gasteiger partial charge in [-0.3, -0.25) is 0 Å². The van der Waals surface area contributed by atoms with E-state index in [1.807, 2.05) is 0 Å². The number of benzene rings is 1. The van der Waals surface area contributed by atoms with Crippen LogP contribution in [0, 0.1) is 0 Å². The van der Waals surface area contributed by atoms with E-state index in [4.69, 9.17) is 22.1 Å². The van der Waals surface area contributed by atoms with Crippen LogP contribution in [0.1, 0.15) is 6.42 Å². The molecule has 0 aliphatic rings. The summed E-state index contributed by atoms with van der Waals surface area (Å²) in [5.74, 6) is 1.77. The summed E-state index contributed by atoms with van der Waals surface area (Å²) in [5.41, 5.74) is 6.29. The lowest BCUT2D eigenvalue weighted by Gasteiger charge is -2.07. The first-order valence-electron chi connectivity index (χ1n) is 4.41. The van der Waals surface area contributed by atoms with Crippen LogP contribution in [0.15, 0.2) is 18.2 Å². The lowest BCUT2D eigenvalue weighted by atomic mass is 10.3. The molecule has 1 rings (SSSR count). The second-order valence-electron chi connectivity index (χ2n) is 2.88. The molecule has 2 N–H and O–H groups in total. The third kappa shape index (κ3) is 3.68. The van der Waals surface area contributed by atoms with Gasteiger partial charge in [-0.2, -0.15) is 11.8 Å². The molecule has 0 saturated heterocycles. The van der Waals surface area contributed by atoms with Gasteiger partial charge in [0.15, 0.2) is 0 Å². The van der Waals surface area contributed by atoms with Crippen LogP contribution < -0.4 is 10.5 Å². The summed E-state index contributed by atoms with van der Waals surface area (Å²) in [5, 5.41) is 0.614.